The molecule has 1 rings (SSSR count). The molecule has 0 unspecified atom stereocenters. The first-order chi connectivity index (χ1) is 6.61. The van der Waals surface area contributed by atoms with Crippen molar-refractivity contribution >= 4 is 0 Å². The van der Waals surface area contributed by atoms with Crippen LogP contribution in [-0.2, 0) is 0 Å². The fourth-order valence-corrected chi connectivity index (χ4v) is 1.95. The van der Waals surface area contributed by atoms with Crippen molar-refractivity contribution in [2.24, 2.45) is 0 Å². The molecule has 0 amide bonds. The third kappa shape index (κ3) is 6.18. The molecule has 5 radical (unpaired) electrons. The average Bonchev–Trinajstić information content (AvgIpc) is 2.55. The summed E-state index contributed by atoms with van der Waals surface area (Å²) in [5.41, 5.74) is 0. The van der Waals surface area contributed by atoms with Crippen molar-refractivity contribution in [3.05, 3.63) is 31.6 Å². The maximum Gasteiger partial charge on any atom is 1.00 e. The second kappa shape index (κ2) is 8.65. The topological polar surface area (TPSA) is 3.24 Å². The van der Waals surface area contributed by atoms with Gasteiger partial charge in [-0.15, -0.1) is 0 Å². The van der Waals surface area contributed by atoms with Crippen LogP contribution in [0.2, 0.25) is 0 Å². The molecule has 2 heteroatoms. The van der Waals surface area contributed by atoms with Crippen molar-refractivity contribution < 1.29 is 51.4 Å². The summed E-state index contributed by atoms with van der Waals surface area (Å²) < 4.78 is 0. The molecule has 0 heterocycles. The Kier molecular flexibility index (Phi) is 9.57. The minimum Gasteiger partial charge on any atom is -0.299 e. The molecule has 1 aliphatic carbocycles. The van der Waals surface area contributed by atoms with Gasteiger partial charge in [-0.2, -0.15) is 0 Å². The van der Waals surface area contributed by atoms with E-state index >= 15 is 0 Å². The second-order valence-corrected chi connectivity index (χ2v) is 4.47. The second-order valence-electron chi connectivity index (χ2n) is 4.47. The van der Waals surface area contributed by atoms with Gasteiger partial charge in [0.05, 0.1) is 0 Å². The van der Waals surface area contributed by atoms with E-state index in [2.05, 4.69) is 58.3 Å². The van der Waals surface area contributed by atoms with Crippen LogP contribution in [-0.4, -0.2) is 23.5 Å². The van der Waals surface area contributed by atoms with Crippen LogP contribution in [0.3, 0.4) is 0 Å². The van der Waals surface area contributed by atoms with Crippen LogP contribution < -0.4 is 51.4 Å². The fourth-order valence-electron chi connectivity index (χ4n) is 1.95. The third-order valence-electron chi connectivity index (χ3n) is 2.72. The van der Waals surface area contributed by atoms with Gasteiger partial charge in [0.1, 0.15) is 0 Å². The summed E-state index contributed by atoms with van der Waals surface area (Å²) in [6.07, 6.45) is 9.82. The molecule has 1 saturated carbocycles. The summed E-state index contributed by atoms with van der Waals surface area (Å²) in [6, 6.07) is 1.29. The number of hydrogen-bond acceptors (Lipinski definition) is 1. The Labute approximate surface area is 139 Å². The quantitative estimate of drug-likeness (QED) is 0.598. The first-order valence-electron chi connectivity index (χ1n) is 5.57. The Morgan fingerprint density at radius 3 is 1.87 bits per heavy atom. The number of hydrogen-bond donors (Lipinski definition) is 0. The molecular formula is C13H22KN+. The van der Waals surface area contributed by atoms with Gasteiger partial charge in [0.25, 0.3) is 0 Å². The predicted octanol–water partition coefficient (Wildman–Crippen LogP) is -0.0954. The van der Waals surface area contributed by atoms with Crippen LogP contribution in [0.15, 0.2) is 0 Å². The van der Waals surface area contributed by atoms with E-state index in [0.29, 0.717) is 12.1 Å². The SMILES string of the molecule is CC(C)N(CC[C]1[CH][CH][CH][CH]1)C(C)C.[K+]. The van der Waals surface area contributed by atoms with Crippen molar-refractivity contribution in [2.75, 3.05) is 6.54 Å². The zero-order chi connectivity index (χ0) is 10.6. The molecule has 0 spiro atoms. The molecule has 0 N–H and O–H groups in total. The van der Waals surface area contributed by atoms with E-state index in [1.807, 2.05) is 0 Å². The van der Waals surface area contributed by atoms with Crippen LogP contribution >= 0.6 is 0 Å². The van der Waals surface area contributed by atoms with Crippen LogP contribution in [0.25, 0.3) is 0 Å². The Balaban J connectivity index is 0.00000196. The van der Waals surface area contributed by atoms with E-state index in [-0.39, 0.29) is 51.4 Å². The third-order valence-corrected chi connectivity index (χ3v) is 2.72. The van der Waals surface area contributed by atoms with Gasteiger partial charge in [-0.1, -0.05) is 0 Å². The first-order valence-corrected chi connectivity index (χ1v) is 5.57. The summed E-state index contributed by atoms with van der Waals surface area (Å²) in [6.45, 7) is 10.2. The van der Waals surface area contributed by atoms with E-state index in [1.54, 1.807) is 0 Å². The van der Waals surface area contributed by atoms with Crippen molar-refractivity contribution in [3.63, 3.8) is 0 Å². The molecular weight excluding hydrogens is 209 g/mol. The Morgan fingerprint density at radius 2 is 1.47 bits per heavy atom. The van der Waals surface area contributed by atoms with Crippen molar-refractivity contribution in [1.29, 1.82) is 0 Å². The monoisotopic (exact) mass is 231 g/mol. The van der Waals surface area contributed by atoms with Gasteiger partial charge >= 0.3 is 51.4 Å². The van der Waals surface area contributed by atoms with Gasteiger partial charge < -0.3 is 0 Å². The Morgan fingerprint density at radius 1 is 1.00 bits per heavy atom. The molecule has 0 aromatic rings. The van der Waals surface area contributed by atoms with Crippen LogP contribution in [0.1, 0.15) is 34.1 Å². The van der Waals surface area contributed by atoms with Gasteiger partial charge in [-0.25, -0.2) is 0 Å². The largest absolute Gasteiger partial charge is 1.00 e. The van der Waals surface area contributed by atoms with Crippen LogP contribution in [0.4, 0.5) is 0 Å². The smallest absolute Gasteiger partial charge is 0.299 e. The zero-order valence-electron chi connectivity index (χ0n) is 10.8. The minimum absolute atomic E-state index is 0. The molecule has 0 atom stereocenters. The van der Waals surface area contributed by atoms with E-state index in [9.17, 15) is 0 Å². The molecule has 0 bridgehead atoms. The minimum atomic E-state index is 0. The van der Waals surface area contributed by atoms with E-state index < -0.39 is 0 Å². The number of nitrogens with zero attached hydrogens (tertiary/aromatic N) is 1. The normalized spacial score (nSPS) is 17.8. The van der Waals surface area contributed by atoms with Gasteiger partial charge in [0.15, 0.2) is 0 Å². The summed E-state index contributed by atoms with van der Waals surface area (Å²) in [5.74, 6) is 1.45. The molecule has 1 aliphatic rings. The summed E-state index contributed by atoms with van der Waals surface area (Å²) in [4.78, 5) is 2.53. The van der Waals surface area contributed by atoms with Gasteiger partial charge in [0, 0.05) is 12.1 Å². The van der Waals surface area contributed by atoms with E-state index in [1.165, 1.54) is 18.9 Å². The molecule has 0 aliphatic heterocycles. The van der Waals surface area contributed by atoms with Gasteiger partial charge in [-0.3, -0.25) is 4.90 Å². The van der Waals surface area contributed by atoms with Gasteiger partial charge in [0.2, 0.25) is 0 Å². The van der Waals surface area contributed by atoms with Gasteiger partial charge in [-0.05, 0) is 72.3 Å². The van der Waals surface area contributed by atoms with Crippen molar-refractivity contribution in [3.8, 4) is 0 Å². The summed E-state index contributed by atoms with van der Waals surface area (Å²) in [5, 5.41) is 0. The van der Waals surface area contributed by atoms with Crippen molar-refractivity contribution in [2.45, 2.75) is 46.2 Å². The zero-order valence-corrected chi connectivity index (χ0v) is 13.9. The maximum atomic E-state index is 2.53. The average molecular weight is 231 g/mol. The summed E-state index contributed by atoms with van der Waals surface area (Å²) in [7, 11) is 0. The molecule has 1 nitrogen and oxygen atoms in total. The molecule has 15 heavy (non-hydrogen) atoms. The van der Waals surface area contributed by atoms with Crippen LogP contribution in [0.5, 0.6) is 0 Å². The molecule has 0 aromatic carbocycles. The van der Waals surface area contributed by atoms with Crippen LogP contribution in [0, 0.1) is 31.6 Å². The predicted molar refractivity (Wildman–Crippen MR) is 62.0 cm³/mol. The maximum absolute atomic E-state index is 2.53. The first kappa shape index (κ1) is 16.6. The number of rotatable bonds is 5. The van der Waals surface area contributed by atoms with E-state index in [4.69, 9.17) is 0 Å². The standard InChI is InChI=1S/C13H22N.K/c1-11(2)14(12(3)4)10-9-13-7-5-6-8-13;/h5-8,11-12H,9-10H2,1-4H3;/q;+1. The Hall–Kier alpha value is 1.60. The molecule has 0 aromatic heterocycles. The summed E-state index contributed by atoms with van der Waals surface area (Å²) >= 11 is 0. The molecule has 1 fully saturated rings. The van der Waals surface area contributed by atoms with Crippen molar-refractivity contribution in [1.82, 2.24) is 4.90 Å². The molecule has 79 valence electrons. The van der Waals surface area contributed by atoms with E-state index in [0.717, 1.165) is 0 Å². The fraction of sp³-hybridized carbons (Fsp3) is 0.615. The molecule has 0 saturated heterocycles. The Bertz CT molecular complexity index is 143.